The fourth-order valence-electron chi connectivity index (χ4n) is 3.03. The van der Waals surface area contributed by atoms with Gasteiger partial charge in [-0.05, 0) is 71.3 Å². The van der Waals surface area contributed by atoms with Crippen LogP contribution in [0.4, 0.5) is 0 Å². The number of hydrogen-bond acceptors (Lipinski definition) is 2. The van der Waals surface area contributed by atoms with Crippen molar-refractivity contribution in [2.45, 2.75) is 72.9 Å². The standard InChI is InChI=1S/C17H31N3/c1-7-20-15(10-13(2)19-20)11-17(6,14-8-9-14)12-18-16(3,4)5/h10,14,18H,7-9,11-12H2,1-6H3. The van der Waals surface area contributed by atoms with Crippen molar-refractivity contribution in [3.8, 4) is 0 Å². The maximum Gasteiger partial charge on any atom is 0.0596 e. The van der Waals surface area contributed by atoms with Gasteiger partial charge in [0.2, 0.25) is 0 Å². The quantitative estimate of drug-likeness (QED) is 0.861. The Morgan fingerprint density at radius 1 is 1.30 bits per heavy atom. The zero-order valence-corrected chi connectivity index (χ0v) is 14.1. The summed E-state index contributed by atoms with van der Waals surface area (Å²) in [4.78, 5) is 0. The summed E-state index contributed by atoms with van der Waals surface area (Å²) in [7, 11) is 0. The Labute approximate surface area is 124 Å². The van der Waals surface area contributed by atoms with Crippen molar-refractivity contribution in [2.24, 2.45) is 11.3 Å². The maximum absolute atomic E-state index is 4.60. The Balaban J connectivity index is 2.12. The molecule has 1 aliphatic carbocycles. The van der Waals surface area contributed by atoms with E-state index >= 15 is 0 Å². The van der Waals surface area contributed by atoms with Gasteiger partial charge in [-0.15, -0.1) is 0 Å². The molecule has 1 fully saturated rings. The highest BCUT2D eigenvalue weighted by atomic mass is 15.3. The monoisotopic (exact) mass is 277 g/mol. The van der Waals surface area contributed by atoms with Crippen LogP contribution in [0.2, 0.25) is 0 Å². The van der Waals surface area contributed by atoms with Crippen molar-refractivity contribution in [1.29, 1.82) is 0 Å². The van der Waals surface area contributed by atoms with Gasteiger partial charge in [-0.2, -0.15) is 5.10 Å². The molecular weight excluding hydrogens is 246 g/mol. The Hall–Kier alpha value is -0.830. The number of nitrogens with zero attached hydrogens (tertiary/aromatic N) is 2. The van der Waals surface area contributed by atoms with E-state index in [-0.39, 0.29) is 5.54 Å². The topological polar surface area (TPSA) is 29.9 Å². The zero-order chi connectivity index (χ0) is 15.0. The molecule has 1 N–H and O–H groups in total. The number of nitrogens with one attached hydrogen (secondary N) is 1. The molecule has 1 heterocycles. The van der Waals surface area contributed by atoms with E-state index in [2.05, 4.69) is 62.7 Å². The molecule has 1 aromatic heterocycles. The van der Waals surface area contributed by atoms with Gasteiger partial charge in [0.15, 0.2) is 0 Å². The van der Waals surface area contributed by atoms with Gasteiger partial charge in [0.05, 0.1) is 5.69 Å². The minimum absolute atomic E-state index is 0.192. The fourth-order valence-corrected chi connectivity index (χ4v) is 3.03. The molecule has 20 heavy (non-hydrogen) atoms. The average Bonchev–Trinajstić information content (AvgIpc) is 3.12. The molecule has 2 rings (SSSR count). The van der Waals surface area contributed by atoms with E-state index in [9.17, 15) is 0 Å². The van der Waals surface area contributed by atoms with Crippen molar-refractivity contribution in [3.05, 3.63) is 17.5 Å². The molecule has 0 aliphatic heterocycles. The van der Waals surface area contributed by atoms with E-state index in [1.165, 1.54) is 18.5 Å². The minimum atomic E-state index is 0.192. The SMILES string of the molecule is CCn1nc(C)cc1CC(C)(CNC(C)(C)C)C1CC1. The van der Waals surface area contributed by atoms with Gasteiger partial charge in [-0.25, -0.2) is 0 Å². The molecule has 1 unspecified atom stereocenters. The van der Waals surface area contributed by atoms with Crippen molar-refractivity contribution in [2.75, 3.05) is 6.54 Å². The van der Waals surface area contributed by atoms with Crippen LogP contribution >= 0.6 is 0 Å². The van der Waals surface area contributed by atoms with E-state index < -0.39 is 0 Å². The van der Waals surface area contributed by atoms with Gasteiger partial charge in [-0.1, -0.05) is 6.92 Å². The summed E-state index contributed by atoms with van der Waals surface area (Å²) < 4.78 is 2.17. The number of hydrogen-bond donors (Lipinski definition) is 1. The Bertz CT molecular complexity index is 451. The molecule has 0 spiro atoms. The second kappa shape index (κ2) is 5.51. The van der Waals surface area contributed by atoms with Gasteiger partial charge in [0, 0.05) is 24.3 Å². The molecular formula is C17H31N3. The van der Waals surface area contributed by atoms with E-state index in [0.29, 0.717) is 5.41 Å². The lowest BCUT2D eigenvalue weighted by Gasteiger charge is -2.34. The molecule has 0 aromatic carbocycles. The molecule has 1 aliphatic rings. The number of aromatic nitrogens is 2. The number of rotatable bonds is 6. The molecule has 1 atom stereocenters. The van der Waals surface area contributed by atoms with Crippen LogP contribution in [0, 0.1) is 18.3 Å². The molecule has 1 saturated carbocycles. The van der Waals surface area contributed by atoms with Crippen LogP contribution in [-0.2, 0) is 13.0 Å². The smallest absolute Gasteiger partial charge is 0.0596 e. The van der Waals surface area contributed by atoms with Crippen LogP contribution in [0.15, 0.2) is 6.07 Å². The Morgan fingerprint density at radius 3 is 2.45 bits per heavy atom. The highest BCUT2D eigenvalue weighted by Crippen LogP contribution is 2.47. The zero-order valence-electron chi connectivity index (χ0n) is 14.1. The Kier molecular flexibility index (Phi) is 4.29. The van der Waals surface area contributed by atoms with Gasteiger partial charge < -0.3 is 5.32 Å². The van der Waals surface area contributed by atoms with E-state index in [4.69, 9.17) is 0 Å². The van der Waals surface area contributed by atoms with Gasteiger partial charge in [-0.3, -0.25) is 4.68 Å². The highest BCUT2D eigenvalue weighted by Gasteiger charge is 2.42. The van der Waals surface area contributed by atoms with Crippen LogP contribution in [0.1, 0.15) is 58.8 Å². The molecule has 114 valence electrons. The summed E-state index contributed by atoms with van der Waals surface area (Å²) in [5.41, 5.74) is 3.09. The summed E-state index contributed by atoms with van der Waals surface area (Å²) in [5.74, 6) is 0.873. The van der Waals surface area contributed by atoms with Gasteiger partial charge in [0.25, 0.3) is 0 Å². The second-order valence-electron chi connectivity index (χ2n) is 7.80. The van der Waals surface area contributed by atoms with Crippen molar-refractivity contribution in [1.82, 2.24) is 15.1 Å². The van der Waals surface area contributed by atoms with Crippen LogP contribution < -0.4 is 5.32 Å². The second-order valence-corrected chi connectivity index (χ2v) is 7.80. The third kappa shape index (κ3) is 3.85. The van der Waals surface area contributed by atoms with E-state index in [1.54, 1.807) is 0 Å². The third-order valence-electron chi connectivity index (χ3n) is 4.46. The molecule has 0 amide bonds. The first-order valence-electron chi connectivity index (χ1n) is 8.02. The lowest BCUT2D eigenvalue weighted by atomic mass is 9.79. The van der Waals surface area contributed by atoms with E-state index in [0.717, 1.165) is 31.1 Å². The predicted molar refractivity (Wildman–Crippen MR) is 84.9 cm³/mol. The van der Waals surface area contributed by atoms with Crippen LogP contribution in [0.25, 0.3) is 0 Å². The Morgan fingerprint density at radius 2 is 1.95 bits per heavy atom. The summed E-state index contributed by atoms with van der Waals surface area (Å²) in [6, 6.07) is 2.27. The summed E-state index contributed by atoms with van der Waals surface area (Å²) >= 11 is 0. The molecule has 1 aromatic rings. The third-order valence-corrected chi connectivity index (χ3v) is 4.46. The molecule has 3 nitrogen and oxygen atoms in total. The van der Waals surface area contributed by atoms with E-state index in [1.807, 2.05) is 0 Å². The van der Waals surface area contributed by atoms with Crippen molar-refractivity contribution in [3.63, 3.8) is 0 Å². The first-order valence-corrected chi connectivity index (χ1v) is 8.02. The first kappa shape index (κ1) is 15.6. The molecule has 0 radical (unpaired) electrons. The lowest BCUT2D eigenvalue weighted by molar-refractivity contribution is 0.223. The lowest BCUT2D eigenvalue weighted by Crippen LogP contribution is -2.44. The van der Waals surface area contributed by atoms with Crippen LogP contribution in [-0.4, -0.2) is 21.9 Å². The first-order chi connectivity index (χ1) is 9.23. The summed E-state index contributed by atoms with van der Waals surface area (Å²) in [6.45, 7) is 15.5. The van der Waals surface area contributed by atoms with Gasteiger partial charge in [0.1, 0.15) is 0 Å². The summed E-state index contributed by atoms with van der Waals surface area (Å²) in [6.07, 6.45) is 3.92. The number of aryl methyl sites for hydroxylation is 2. The van der Waals surface area contributed by atoms with Crippen molar-refractivity contribution < 1.29 is 0 Å². The maximum atomic E-state index is 4.60. The van der Waals surface area contributed by atoms with Gasteiger partial charge >= 0.3 is 0 Å². The average molecular weight is 277 g/mol. The van der Waals surface area contributed by atoms with Crippen molar-refractivity contribution >= 4 is 0 Å². The molecule has 3 heteroatoms. The molecule has 0 saturated heterocycles. The summed E-state index contributed by atoms with van der Waals surface area (Å²) in [5, 5.41) is 8.32. The minimum Gasteiger partial charge on any atom is -0.312 e. The normalized spacial score (nSPS) is 19.1. The molecule has 0 bridgehead atoms. The largest absolute Gasteiger partial charge is 0.312 e. The fraction of sp³-hybridized carbons (Fsp3) is 0.824. The van der Waals surface area contributed by atoms with Crippen LogP contribution in [0.3, 0.4) is 0 Å². The highest BCUT2D eigenvalue weighted by molar-refractivity contribution is 5.13. The van der Waals surface area contributed by atoms with Crippen LogP contribution in [0.5, 0.6) is 0 Å². The predicted octanol–water partition coefficient (Wildman–Crippen LogP) is 3.56.